The van der Waals surface area contributed by atoms with Gasteiger partial charge in [-0.15, -0.1) is 10.2 Å². The van der Waals surface area contributed by atoms with Gasteiger partial charge in [-0.25, -0.2) is 9.78 Å². The van der Waals surface area contributed by atoms with Crippen LogP contribution in [0.15, 0.2) is 41.4 Å². The molecule has 0 saturated heterocycles. The van der Waals surface area contributed by atoms with E-state index in [0.717, 1.165) is 41.8 Å². The fraction of sp³-hybridized carbons (Fsp3) is 0.455. The fourth-order valence-corrected chi connectivity index (χ4v) is 3.13. The Bertz CT molecular complexity index is 1020. The fourth-order valence-electron chi connectivity index (χ4n) is 3.13. The molecule has 0 unspecified atom stereocenters. The standard InChI is InChI=1S/C22H30N6O3/c1-5-8-16(9-6-11-23-21(29)31-22(2,3)4)18-14-25-20(28-15-26-27-19(18)28)24-13-17-10-7-12-30-17/h7-8,10,12,14-15H,5-6,9,11,13H2,1-4H3,(H,23,29)(H,24,25)/b16-8+. The van der Waals surface area contributed by atoms with Gasteiger partial charge >= 0.3 is 6.09 Å². The summed E-state index contributed by atoms with van der Waals surface area (Å²) in [6, 6.07) is 3.75. The number of nitrogens with one attached hydrogen (secondary N) is 2. The van der Waals surface area contributed by atoms with Crippen LogP contribution in [-0.4, -0.2) is 37.8 Å². The van der Waals surface area contributed by atoms with E-state index in [2.05, 4.69) is 38.8 Å². The Morgan fingerprint density at radius 2 is 2.19 bits per heavy atom. The van der Waals surface area contributed by atoms with E-state index in [9.17, 15) is 4.79 Å². The molecule has 9 heteroatoms. The molecule has 31 heavy (non-hydrogen) atoms. The number of hydrogen-bond donors (Lipinski definition) is 2. The molecule has 3 aromatic rings. The first-order valence-corrected chi connectivity index (χ1v) is 10.5. The van der Waals surface area contributed by atoms with E-state index >= 15 is 0 Å². The first kappa shape index (κ1) is 22.3. The third kappa shape index (κ3) is 6.31. The molecule has 0 aliphatic carbocycles. The Labute approximate surface area is 181 Å². The zero-order valence-electron chi connectivity index (χ0n) is 18.5. The van der Waals surface area contributed by atoms with E-state index in [4.69, 9.17) is 9.15 Å². The molecule has 2 N–H and O–H groups in total. The van der Waals surface area contributed by atoms with Gasteiger partial charge in [0.15, 0.2) is 5.65 Å². The minimum Gasteiger partial charge on any atom is -0.467 e. The van der Waals surface area contributed by atoms with Gasteiger partial charge in [0.05, 0.1) is 12.8 Å². The smallest absolute Gasteiger partial charge is 0.407 e. The second-order valence-electron chi connectivity index (χ2n) is 8.12. The van der Waals surface area contributed by atoms with Gasteiger partial charge in [0, 0.05) is 18.3 Å². The molecule has 3 rings (SSSR count). The third-order valence-electron chi connectivity index (χ3n) is 4.42. The van der Waals surface area contributed by atoms with Crippen LogP contribution >= 0.6 is 0 Å². The molecule has 0 radical (unpaired) electrons. The van der Waals surface area contributed by atoms with Gasteiger partial charge in [0.2, 0.25) is 5.95 Å². The van der Waals surface area contributed by atoms with E-state index in [1.165, 1.54) is 0 Å². The molecule has 0 aromatic carbocycles. The SMILES string of the molecule is CC/C=C(\CCCNC(=O)OC(C)(C)C)c1cnc(NCc2ccco2)n2cnnc12. The monoisotopic (exact) mass is 426 g/mol. The topological polar surface area (TPSA) is 107 Å². The molecule has 0 bridgehead atoms. The Morgan fingerprint density at radius 3 is 2.90 bits per heavy atom. The number of anilines is 1. The van der Waals surface area contributed by atoms with Gasteiger partial charge < -0.3 is 19.8 Å². The summed E-state index contributed by atoms with van der Waals surface area (Å²) in [5.41, 5.74) is 2.28. The maximum Gasteiger partial charge on any atom is 0.407 e. The number of amides is 1. The van der Waals surface area contributed by atoms with Crippen molar-refractivity contribution in [1.29, 1.82) is 0 Å². The first-order valence-electron chi connectivity index (χ1n) is 10.5. The Balaban J connectivity index is 1.66. The van der Waals surface area contributed by atoms with Gasteiger partial charge in [0.1, 0.15) is 17.7 Å². The molecule has 1 amide bonds. The van der Waals surface area contributed by atoms with Crippen molar-refractivity contribution in [2.24, 2.45) is 0 Å². The van der Waals surface area contributed by atoms with Crippen molar-refractivity contribution in [3.05, 3.63) is 48.3 Å². The second kappa shape index (κ2) is 10.1. The summed E-state index contributed by atoms with van der Waals surface area (Å²) in [6.45, 7) is 8.67. The molecule has 0 spiro atoms. The molecule has 0 aliphatic heterocycles. The predicted molar refractivity (Wildman–Crippen MR) is 119 cm³/mol. The number of allylic oxidation sites excluding steroid dienone is 2. The number of fused-ring (bicyclic) bond motifs is 1. The average Bonchev–Trinajstić information content (AvgIpc) is 3.39. The molecule has 0 atom stereocenters. The number of rotatable bonds is 9. The first-order chi connectivity index (χ1) is 14.9. The molecule has 9 nitrogen and oxygen atoms in total. The molecular weight excluding hydrogens is 396 g/mol. The van der Waals surface area contributed by atoms with Gasteiger partial charge in [-0.3, -0.25) is 4.40 Å². The van der Waals surface area contributed by atoms with Crippen molar-refractivity contribution in [3.63, 3.8) is 0 Å². The second-order valence-corrected chi connectivity index (χ2v) is 8.12. The van der Waals surface area contributed by atoms with Crippen molar-refractivity contribution < 1.29 is 13.9 Å². The van der Waals surface area contributed by atoms with Gasteiger partial charge in [0.25, 0.3) is 0 Å². The lowest BCUT2D eigenvalue weighted by atomic mass is 10.0. The van der Waals surface area contributed by atoms with Crippen molar-refractivity contribution in [3.8, 4) is 0 Å². The third-order valence-corrected chi connectivity index (χ3v) is 4.42. The quantitative estimate of drug-likeness (QED) is 0.488. The van der Waals surface area contributed by atoms with Crippen molar-refractivity contribution in [2.45, 2.75) is 59.1 Å². The number of hydrogen-bond acceptors (Lipinski definition) is 7. The molecule has 3 aromatic heterocycles. The highest BCUT2D eigenvalue weighted by Gasteiger charge is 2.16. The van der Waals surface area contributed by atoms with E-state index < -0.39 is 11.7 Å². The van der Waals surface area contributed by atoms with Crippen LogP contribution in [-0.2, 0) is 11.3 Å². The number of carbonyl (C=O) groups is 1. The molecule has 0 fully saturated rings. The van der Waals surface area contributed by atoms with Crippen LogP contribution in [0.5, 0.6) is 0 Å². The van der Waals surface area contributed by atoms with Crippen LogP contribution < -0.4 is 10.6 Å². The van der Waals surface area contributed by atoms with Crippen molar-refractivity contribution in [2.75, 3.05) is 11.9 Å². The predicted octanol–water partition coefficient (Wildman–Crippen LogP) is 4.43. The lowest BCUT2D eigenvalue weighted by molar-refractivity contribution is 0.0527. The minimum absolute atomic E-state index is 0.401. The molecule has 3 heterocycles. The van der Waals surface area contributed by atoms with Crippen LogP contribution in [0, 0.1) is 0 Å². The van der Waals surface area contributed by atoms with Gasteiger partial charge in [-0.05, 0) is 57.7 Å². The van der Waals surface area contributed by atoms with Crippen LogP contribution in [0.4, 0.5) is 10.7 Å². The highest BCUT2D eigenvalue weighted by molar-refractivity contribution is 5.76. The summed E-state index contributed by atoms with van der Waals surface area (Å²) < 4.78 is 12.5. The van der Waals surface area contributed by atoms with E-state index in [1.54, 1.807) is 12.6 Å². The summed E-state index contributed by atoms with van der Waals surface area (Å²) in [5, 5.41) is 14.4. The molecule has 166 valence electrons. The summed E-state index contributed by atoms with van der Waals surface area (Å²) in [7, 11) is 0. The van der Waals surface area contributed by atoms with Gasteiger partial charge in [-0.2, -0.15) is 0 Å². The summed E-state index contributed by atoms with van der Waals surface area (Å²) >= 11 is 0. The van der Waals surface area contributed by atoms with Crippen LogP contribution in [0.2, 0.25) is 0 Å². The van der Waals surface area contributed by atoms with Gasteiger partial charge in [-0.1, -0.05) is 13.0 Å². The van der Waals surface area contributed by atoms with Crippen LogP contribution in [0.1, 0.15) is 58.3 Å². The van der Waals surface area contributed by atoms with Crippen molar-refractivity contribution >= 4 is 23.3 Å². The lowest BCUT2D eigenvalue weighted by Gasteiger charge is -2.19. The Morgan fingerprint density at radius 1 is 1.35 bits per heavy atom. The number of carbonyl (C=O) groups excluding carboxylic acids is 1. The highest BCUT2D eigenvalue weighted by atomic mass is 16.6. The summed E-state index contributed by atoms with van der Waals surface area (Å²) in [5.74, 6) is 1.46. The molecular formula is C22H30N6O3. The van der Waals surface area contributed by atoms with Crippen LogP contribution in [0.3, 0.4) is 0 Å². The van der Waals surface area contributed by atoms with E-state index in [-0.39, 0.29) is 0 Å². The lowest BCUT2D eigenvalue weighted by Crippen LogP contribution is -2.33. The average molecular weight is 427 g/mol. The number of furan rings is 1. The zero-order chi connectivity index (χ0) is 22.3. The van der Waals surface area contributed by atoms with Crippen molar-refractivity contribution in [1.82, 2.24) is 24.9 Å². The Kier molecular flexibility index (Phi) is 7.28. The molecule has 0 aliphatic rings. The summed E-state index contributed by atoms with van der Waals surface area (Å²) in [6.07, 6.45) is 9.28. The molecule has 0 saturated carbocycles. The maximum absolute atomic E-state index is 11.8. The summed E-state index contributed by atoms with van der Waals surface area (Å²) in [4.78, 5) is 16.4. The van der Waals surface area contributed by atoms with E-state index in [0.29, 0.717) is 19.0 Å². The largest absolute Gasteiger partial charge is 0.467 e. The van der Waals surface area contributed by atoms with Crippen LogP contribution in [0.25, 0.3) is 11.2 Å². The highest BCUT2D eigenvalue weighted by Crippen LogP contribution is 2.25. The zero-order valence-corrected chi connectivity index (χ0v) is 18.5. The van der Waals surface area contributed by atoms with E-state index in [1.807, 2.05) is 43.5 Å². The normalized spacial score (nSPS) is 12.2. The number of ether oxygens (including phenoxy) is 1. The number of aromatic nitrogens is 4. The minimum atomic E-state index is -0.505. The number of nitrogens with zero attached hydrogens (tertiary/aromatic N) is 4. The maximum atomic E-state index is 11.8. The number of alkyl carbamates (subject to hydrolysis) is 1. The Hall–Kier alpha value is -3.36.